The lowest BCUT2D eigenvalue weighted by molar-refractivity contribution is -0.384. The number of nitro benzene ring substituents is 1. The van der Waals surface area contributed by atoms with Crippen LogP contribution in [0.1, 0.15) is 16.7 Å². The lowest BCUT2D eigenvalue weighted by atomic mass is 10.1. The van der Waals surface area contributed by atoms with Crippen molar-refractivity contribution in [2.24, 2.45) is 0 Å². The fraction of sp³-hybridized carbons (Fsp3) is 0.133. The van der Waals surface area contributed by atoms with Crippen LogP contribution in [-0.2, 0) is 6.54 Å². The lowest BCUT2D eigenvalue weighted by Crippen LogP contribution is -2.03. The second-order valence-electron chi connectivity index (χ2n) is 4.50. The van der Waals surface area contributed by atoms with Crippen molar-refractivity contribution in [2.45, 2.75) is 13.5 Å². The highest BCUT2D eigenvalue weighted by atomic mass is 79.9. The maximum Gasteiger partial charge on any atom is 0.270 e. The predicted octanol–water partition coefficient (Wildman–Crippen LogP) is 4.15. The molecule has 1 N–H and O–H groups in total. The van der Waals surface area contributed by atoms with E-state index in [0.29, 0.717) is 16.6 Å². The quantitative estimate of drug-likeness (QED) is 0.666. The molecule has 106 valence electrons. The van der Waals surface area contributed by atoms with Gasteiger partial charge in [-0.25, -0.2) is 0 Å². The van der Waals surface area contributed by atoms with Gasteiger partial charge in [0.05, 0.1) is 16.2 Å². The molecule has 21 heavy (non-hydrogen) atoms. The van der Waals surface area contributed by atoms with Crippen molar-refractivity contribution in [3.05, 3.63) is 67.7 Å². The van der Waals surface area contributed by atoms with Gasteiger partial charge in [0.2, 0.25) is 0 Å². The molecule has 2 aromatic rings. The van der Waals surface area contributed by atoms with E-state index in [9.17, 15) is 15.4 Å². The van der Waals surface area contributed by atoms with Crippen LogP contribution in [0.2, 0.25) is 0 Å². The van der Waals surface area contributed by atoms with E-state index in [1.807, 2.05) is 25.1 Å². The molecule has 0 aromatic heterocycles. The number of rotatable bonds is 4. The summed E-state index contributed by atoms with van der Waals surface area (Å²) in [5.41, 5.74) is 3.19. The van der Waals surface area contributed by atoms with Gasteiger partial charge in [-0.3, -0.25) is 10.1 Å². The Kier molecular flexibility index (Phi) is 4.55. The molecule has 0 aliphatic carbocycles. The minimum atomic E-state index is -0.434. The lowest BCUT2D eigenvalue weighted by Gasteiger charge is -2.11. The van der Waals surface area contributed by atoms with Crippen LogP contribution >= 0.6 is 15.9 Å². The Labute approximate surface area is 130 Å². The van der Waals surface area contributed by atoms with Crippen LogP contribution in [0.15, 0.2) is 40.9 Å². The molecule has 0 fully saturated rings. The summed E-state index contributed by atoms with van der Waals surface area (Å²) in [6.45, 7) is 2.35. The van der Waals surface area contributed by atoms with E-state index in [0.717, 1.165) is 16.8 Å². The van der Waals surface area contributed by atoms with Crippen LogP contribution in [0.3, 0.4) is 0 Å². The third-order valence-electron chi connectivity index (χ3n) is 3.10. The molecule has 2 rings (SSSR count). The third kappa shape index (κ3) is 3.38. The Morgan fingerprint density at radius 1 is 1.38 bits per heavy atom. The van der Waals surface area contributed by atoms with Crippen molar-refractivity contribution in [1.82, 2.24) is 0 Å². The zero-order valence-corrected chi connectivity index (χ0v) is 12.8. The summed E-state index contributed by atoms with van der Waals surface area (Å²) < 4.78 is 0.662. The first kappa shape index (κ1) is 15.0. The molecule has 0 radical (unpaired) electrons. The standard InChI is InChI=1S/C15H12BrN3O2/c1-10-3-2-4-15(13(10)8-17)18-9-11-5-6-12(19(20)21)7-14(11)16/h2-7,18H,9H2,1H3. The minimum Gasteiger partial charge on any atom is -0.380 e. The van der Waals surface area contributed by atoms with Crippen LogP contribution in [-0.4, -0.2) is 4.92 Å². The van der Waals surface area contributed by atoms with Gasteiger partial charge in [0.25, 0.3) is 5.69 Å². The molecule has 0 aliphatic heterocycles. The summed E-state index contributed by atoms with van der Waals surface area (Å²) in [7, 11) is 0. The molecule has 0 saturated heterocycles. The number of hydrogen-bond donors (Lipinski definition) is 1. The fourth-order valence-corrected chi connectivity index (χ4v) is 2.45. The Morgan fingerprint density at radius 2 is 2.14 bits per heavy atom. The number of nitrogens with zero attached hydrogens (tertiary/aromatic N) is 2. The van der Waals surface area contributed by atoms with E-state index in [-0.39, 0.29) is 5.69 Å². The van der Waals surface area contributed by atoms with Crippen LogP contribution in [0.25, 0.3) is 0 Å². The molecule has 0 bridgehead atoms. The number of hydrogen-bond acceptors (Lipinski definition) is 4. The molecule has 5 nitrogen and oxygen atoms in total. The van der Waals surface area contributed by atoms with Crippen molar-refractivity contribution < 1.29 is 4.92 Å². The van der Waals surface area contributed by atoms with Gasteiger partial charge in [0.15, 0.2) is 0 Å². The van der Waals surface area contributed by atoms with Gasteiger partial charge in [-0.1, -0.05) is 28.1 Å². The second kappa shape index (κ2) is 6.37. The minimum absolute atomic E-state index is 0.0406. The summed E-state index contributed by atoms with van der Waals surface area (Å²) in [5, 5.41) is 23.1. The van der Waals surface area contributed by atoms with Gasteiger partial charge in [0, 0.05) is 23.2 Å². The molecule has 0 aliphatic rings. The maximum atomic E-state index is 10.7. The Balaban J connectivity index is 2.20. The molecule has 0 unspecified atom stereocenters. The summed E-state index contributed by atoms with van der Waals surface area (Å²) in [6, 6.07) is 12.4. The first-order chi connectivity index (χ1) is 10.0. The van der Waals surface area contributed by atoms with Crippen molar-refractivity contribution in [3.8, 4) is 6.07 Å². The topological polar surface area (TPSA) is 79.0 Å². The highest BCUT2D eigenvalue weighted by molar-refractivity contribution is 9.10. The van der Waals surface area contributed by atoms with Gasteiger partial charge < -0.3 is 5.32 Å². The van der Waals surface area contributed by atoms with Crippen molar-refractivity contribution in [2.75, 3.05) is 5.32 Å². The number of non-ortho nitro benzene ring substituents is 1. The van der Waals surface area contributed by atoms with Gasteiger partial charge in [-0.15, -0.1) is 0 Å². The van der Waals surface area contributed by atoms with Crippen LogP contribution in [0.5, 0.6) is 0 Å². The molecule has 6 heteroatoms. The van der Waals surface area contributed by atoms with E-state index in [1.54, 1.807) is 6.07 Å². The Morgan fingerprint density at radius 3 is 2.76 bits per heavy atom. The van der Waals surface area contributed by atoms with E-state index in [4.69, 9.17) is 0 Å². The number of aryl methyl sites for hydroxylation is 1. The average molecular weight is 346 g/mol. The van der Waals surface area contributed by atoms with E-state index >= 15 is 0 Å². The summed E-state index contributed by atoms with van der Waals surface area (Å²) in [4.78, 5) is 10.3. The number of nitrogens with one attached hydrogen (secondary N) is 1. The number of benzene rings is 2. The highest BCUT2D eigenvalue weighted by Gasteiger charge is 2.10. The van der Waals surface area contributed by atoms with Crippen molar-refractivity contribution >= 4 is 27.3 Å². The largest absolute Gasteiger partial charge is 0.380 e. The zero-order chi connectivity index (χ0) is 15.4. The number of nitriles is 1. The summed E-state index contributed by atoms with van der Waals surface area (Å²) in [6.07, 6.45) is 0. The van der Waals surface area contributed by atoms with Gasteiger partial charge in [0.1, 0.15) is 6.07 Å². The van der Waals surface area contributed by atoms with Crippen LogP contribution < -0.4 is 5.32 Å². The maximum absolute atomic E-state index is 10.7. The first-order valence-electron chi connectivity index (χ1n) is 6.19. The van der Waals surface area contributed by atoms with E-state index < -0.39 is 4.92 Å². The molecule has 0 amide bonds. The Hall–Kier alpha value is -2.39. The average Bonchev–Trinajstić information content (AvgIpc) is 2.45. The summed E-state index contributed by atoms with van der Waals surface area (Å²) >= 11 is 3.33. The van der Waals surface area contributed by atoms with E-state index in [2.05, 4.69) is 27.3 Å². The first-order valence-corrected chi connectivity index (χ1v) is 6.98. The monoisotopic (exact) mass is 345 g/mol. The summed E-state index contributed by atoms with van der Waals surface area (Å²) in [5.74, 6) is 0. The Bertz CT molecular complexity index is 738. The molecule has 0 spiro atoms. The predicted molar refractivity (Wildman–Crippen MR) is 84.0 cm³/mol. The molecule has 0 heterocycles. The SMILES string of the molecule is Cc1cccc(NCc2ccc([N+](=O)[O-])cc2Br)c1C#N. The molecular weight excluding hydrogens is 334 g/mol. The highest BCUT2D eigenvalue weighted by Crippen LogP contribution is 2.25. The fourth-order valence-electron chi connectivity index (χ4n) is 1.95. The van der Waals surface area contributed by atoms with Crippen molar-refractivity contribution in [3.63, 3.8) is 0 Å². The second-order valence-corrected chi connectivity index (χ2v) is 5.35. The van der Waals surface area contributed by atoms with Gasteiger partial charge in [-0.2, -0.15) is 5.26 Å². The zero-order valence-electron chi connectivity index (χ0n) is 11.3. The van der Waals surface area contributed by atoms with E-state index in [1.165, 1.54) is 12.1 Å². The number of nitro groups is 1. The van der Waals surface area contributed by atoms with Crippen molar-refractivity contribution in [1.29, 1.82) is 5.26 Å². The van der Waals surface area contributed by atoms with Gasteiger partial charge in [-0.05, 0) is 30.2 Å². The van der Waals surface area contributed by atoms with Crippen LogP contribution in [0.4, 0.5) is 11.4 Å². The van der Waals surface area contributed by atoms with Crippen LogP contribution in [0, 0.1) is 28.4 Å². The molecule has 2 aromatic carbocycles. The number of anilines is 1. The molecule has 0 atom stereocenters. The number of halogens is 1. The molecule has 0 saturated carbocycles. The molecular formula is C15H12BrN3O2. The smallest absolute Gasteiger partial charge is 0.270 e. The normalized spacial score (nSPS) is 9.95. The third-order valence-corrected chi connectivity index (χ3v) is 3.84. The van der Waals surface area contributed by atoms with Gasteiger partial charge >= 0.3 is 0 Å².